The molecular formula is C18H19ClF2N2OS. The summed E-state index contributed by atoms with van der Waals surface area (Å²) in [5.41, 5.74) is 2.70. The van der Waals surface area contributed by atoms with E-state index in [0.717, 1.165) is 12.1 Å². The molecule has 25 heavy (non-hydrogen) atoms. The quantitative estimate of drug-likeness (QED) is 0.575. The van der Waals surface area contributed by atoms with Gasteiger partial charge in [0.15, 0.2) is 5.11 Å². The number of hydrogen-bond donors (Lipinski definition) is 2. The number of rotatable bonds is 6. The molecule has 0 aliphatic carbocycles. The largest absolute Gasteiger partial charge is 0.433 e. The molecule has 1 atom stereocenters. The van der Waals surface area contributed by atoms with Crippen molar-refractivity contribution in [1.29, 1.82) is 0 Å². The second-order valence-electron chi connectivity index (χ2n) is 5.53. The monoisotopic (exact) mass is 384 g/mol. The molecule has 0 fully saturated rings. The molecule has 0 spiro atoms. The smallest absolute Gasteiger partial charge is 0.387 e. The fourth-order valence-electron chi connectivity index (χ4n) is 2.19. The highest BCUT2D eigenvalue weighted by Crippen LogP contribution is 2.29. The van der Waals surface area contributed by atoms with E-state index in [4.69, 9.17) is 23.8 Å². The second kappa shape index (κ2) is 8.97. The maximum atomic E-state index is 12.2. The zero-order valence-electron chi connectivity index (χ0n) is 13.9. The van der Waals surface area contributed by atoms with Gasteiger partial charge in [-0.15, -0.1) is 0 Å². The summed E-state index contributed by atoms with van der Waals surface area (Å²) in [6, 6.07) is 12.4. The lowest BCUT2D eigenvalue weighted by Gasteiger charge is -2.14. The van der Waals surface area contributed by atoms with Gasteiger partial charge in [0.2, 0.25) is 0 Å². The van der Waals surface area contributed by atoms with Crippen LogP contribution in [-0.4, -0.2) is 11.7 Å². The molecule has 7 heteroatoms. The third kappa shape index (κ3) is 5.83. The lowest BCUT2D eigenvalue weighted by atomic mass is 9.99. The number of thiocarbonyl (C=S) groups is 1. The van der Waals surface area contributed by atoms with E-state index in [2.05, 4.69) is 41.4 Å². The summed E-state index contributed by atoms with van der Waals surface area (Å²) in [6.45, 7) is 1.41. The molecule has 0 aliphatic rings. The lowest BCUT2D eigenvalue weighted by Crippen LogP contribution is -2.19. The minimum atomic E-state index is -2.92. The molecule has 3 nitrogen and oxygen atoms in total. The Morgan fingerprint density at radius 1 is 1.12 bits per heavy atom. The highest BCUT2D eigenvalue weighted by molar-refractivity contribution is 7.80. The molecule has 134 valence electrons. The van der Waals surface area contributed by atoms with Crippen LogP contribution in [0, 0.1) is 0 Å². The van der Waals surface area contributed by atoms with Crippen LogP contribution in [0.5, 0.6) is 5.75 Å². The van der Waals surface area contributed by atoms with E-state index in [-0.39, 0.29) is 10.8 Å². The Hall–Kier alpha value is -1.92. The summed E-state index contributed by atoms with van der Waals surface area (Å²) in [7, 11) is 0. The molecule has 0 bridgehead atoms. The molecular weight excluding hydrogens is 366 g/mol. The van der Waals surface area contributed by atoms with Crippen LogP contribution in [0.4, 0.5) is 20.2 Å². The number of nitrogens with one attached hydrogen (secondary N) is 2. The topological polar surface area (TPSA) is 33.3 Å². The third-order valence-corrected chi connectivity index (χ3v) is 4.26. The molecule has 2 aromatic carbocycles. The average molecular weight is 385 g/mol. The minimum Gasteiger partial charge on any atom is -0.433 e. The standard InChI is InChI=1S/C18H19ClF2N2OS/c1-3-11(2)12-4-6-13(7-5-12)22-18(25)23-14-8-9-16(15(19)10-14)24-17(20)21/h4-11,17H,3H2,1-2H3,(H2,22,23,25). The number of halogens is 3. The van der Waals surface area contributed by atoms with Crippen molar-refractivity contribution >= 4 is 40.3 Å². The maximum absolute atomic E-state index is 12.2. The van der Waals surface area contributed by atoms with Crippen molar-refractivity contribution < 1.29 is 13.5 Å². The van der Waals surface area contributed by atoms with Crippen LogP contribution < -0.4 is 15.4 Å². The molecule has 2 aromatic rings. The van der Waals surface area contributed by atoms with E-state index in [9.17, 15) is 8.78 Å². The van der Waals surface area contributed by atoms with Gasteiger partial charge in [-0.2, -0.15) is 8.78 Å². The van der Waals surface area contributed by atoms with Crippen LogP contribution in [0.15, 0.2) is 42.5 Å². The van der Waals surface area contributed by atoms with Crippen LogP contribution >= 0.6 is 23.8 Å². The minimum absolute atomic E-state index is 0.0750. The van der Waals surface area contributed by atoms with Gasteiger partial charge in [0, 0.05) is 11.4 Å². The molecule has 0 saturated heterocycles. The summed E-state index contributed by atoms with van der Waals surface area (Å²) in [5.74, 6) is 0.428. The van der Waals surface area contributed by atoms with E-state index >= 15 is 0 Å². The third-order valence-electron chi connectivity index (χ3n) is 3.76. The van der Waals surface area contributed by atoms with Gasteiger partial charge < -0.3 is 15.4 Å². The van der Waals surface area contributed by atoms with Crippen molar-refractivity contribution in [1.82, 2.24) is 0 Å². The van der Waals surface area contributed by atoms with E-state index < -0.39 is 6.61 Å². The highest BCUT2D eigenvalue weighted by Gasteiger charge is 2.10. The molecule has 0 saturated carbocycles. The lowest BCUT2D eigenvalue weighted by molar-refractivity contribution is -0.0497. The number of hydrogen-bond acceptors (Lipinski definition) is 2. The van der Waals surface area contributed by atoms with Crippen molar-refractivity contribution in [3.63, 3.8) is 0 Å². The molecule has 2 rings (SSSR count). The summed E-state index contributed by atoms with van der Waals surface area (Å²) in [5, 5.41) is 6.47. The van der Waals surface area contributed by atoms with E-state index in [1.54, 1.807) is 6.07 Å². The normalized spacial score (nSPS) is 11.9. The molecule has 0 aromatic heterocycles. The van der Waals surface area contributed by atoms with Crippen molar-refractivity contribution in [2.45, 2.75) is 32.8 Å². The Balaban J connectivity index is 1.97. The highest BCUT2D eigenvalue weighted by atomic mass is 35.5. The molecule has 2 N–H and O–H groups in total. The summed E-state index contributed by atoms with van der Waals surface area (Å²) < 4.78 is 28.8. The molecule has 0 aliphatic heterocycles. The van der Waals surface area contributed by atoms with Gasteiger partial charge in [0.25, 0.3) is 0 Å². The van der Waals surface area contributed by atoms with Crippen LogP contribution in [0.1, 0.15) is 31.7 Å². The fraction of sp³-hybridized carbons (Fsp3) is 0.278. The Kier molecular flexibility index (Phi) is 6.96. The second-order valence-corrected chi connectivity index (χ2v) is 6.35. The summed E-state index contributed by atoms with van der Waals surface area (Å²) in [6.07, 6.45) is 1.08. The van der Waals surface area contributed by atoms with Gasteiger partial charge in [-0.05, 0) is 60.5 Å². The van der Waals surface area contributed by atoms with Gasteiger partial charge in [-0.3, -0.25) is 0 Å². The van der Waals surface area contributed by atoms with Gasteiger partial charge in [0.05, 0.1) is 5.02 Å². The van der Waals surface area contributed by atoms with Gasteiger partial charge in [-0.25, -0.2) is 0 Å². The van der Waals surface area contributed by atoms with Crippen molar-refractivity contribution in [3.05, 3.63) is 53.1 Å². The molecule has 0 heterocycles. The average Bonchev–Trinajstić information content (AvgIpc) is 2.57. The van der Waals surface area contributed by atoms with E-state index in [1.807, 2.05) is 12.1 Å². The van der Waals surface area contributed by atoms with Crippen LogP contribution in [-0.2, 0) is 0 Å². The predicted octanol–water partition coefficient (Wildman–Crippen LogP) is 6.26. The van der Waals surface area contributed by atoms with Gasteiger partial charge in [-0.1, -0.05) is 37.6 Å². The van der Waals surface area contributed by atoms with Crippen molar-refractivity contribution in [2.75, 3.05) is 10.6 Å². The summed E-state index contributed by atoms with van der Waals surface area (Å²) in [4.78, 5) is 0. The van der Waals surface area contributed by atoms with Crippen molar-refractivity contribution in [3.8, 4) is 5.75 Å². The number of alkyl halides is 2. The maximum Gasteiger partial charge on any atom is 0.387 e. The zero-order valence-corrected chi connectivity index (χ0v) is 15.4. The number of ether oxygens (including phenoxy) is 1. The van der Waals surface area contributed by atoms with Crippen molar-refractivity contribution in [2.24, 2.45) is 0 Å². The Morgan fingerprint density at radius 3 is 2.28 bits per heavy atom. The SMILES string of the molecule is CCC(C)c1ccc(NC(=S)Nc2ccc(OC(F)F)c(Cl)c2)cc1. The van der Waals surface area contributed by atoms with Gasteiger partial charge >= 0.3 is 6.61 Å². The van der Waals surface area contributed by atoms with E-state index in [0.29, 0.717) is 16.7 Å². The first kappa shape index (κ1) is 19.4. The first-order valence-corrected chi connectivity index (χ1v) is 8.60. The molecule has 0 amide bonds. The predicted molar refractivity (Wildman–Crippen MR) is 103 cm³/mol. The number of anilines is 2. The molecule has 0 radical (unpaired) electrons. The first-order valence-electron chi connectivity index (χ1n) is 7.81. The van der Waals surface area contributed by atoms with E-state index in [1.165, 1.54) is 17.7 Å². The molecule has 1 unspecified atom stereocenters. The Labute approximate surface area is 156 Å². The summed E-state index contributed by atoms with van der Waals surface area (Å²) >= 11 is 11.2. The van der Waals surface area contributed by atoms with Gasteiger partial charge in [0.1, 0.15) is 5.75 Å². The fourth-order valence-corrected chi connectivity index (χ4v) is 2.66. The Bertz CT molecular complexity index is 726. The van der Waals surface area contributed by atoms with Crippen LogP contribution in [0.25, 0.3) is 0 Å². The number of benzene rings is 2. The Morgan fingerprint density at radius 2 is 1.72 bits per heavy atom. The first-order chi connectivity index (χ1) is 11.9. The van der Waals surface area contributed by atoms with Crippen LogP contribution in [0.3, 0.4) is 0 Å². The zero-order chi connectivity index (χ0) is 18.4. The van der Waals surface area contributed by atoms with Crippen LogP contribution in [0.2, 0.25) is 5.02 Å².